The summed E-state index contributed by atoms with van der Waals surface area (Å²) in [5.41, 5.74) is -2.78. The Labute approximate surface area is 115 Å². The van der Waals surface area contributed by atoms with Crippen molar-refractivity contribution in [2.45, 2.75) is 17.2 Å². The molecule has 0 bridgehead atoms. The zero-order valence-electron chi connectivity index (χ0n) is 6.95. The van der Waals surface area contributed by atoms with Crippen LogP contribution in [0, 0.1) is 0 Å². The summed E-state index contributed by atoms with van der Waals surface area (Å²) in [5.74, 6) is 0. The minimum atomic E-state index is -4.83. The fourth-order valence-corrected chi connectivity index (χ4v) is 1.40. The average Bonchev–Trinajstić information content (AvgIpc) is 1.99. The molecule has 0 aromatic heterocycles. The van der Waals surface area contributed by atoms with Crippen LogP contribution in [0.25, 0.3) is 0 Å². The summed E-state index contributed by atoms with van der Waals surface area (Å²) in [5, 5.41) is 0. The zero-order chi connectivity index (χ0) is 11.9. The molecule has 0 nitrogen and oxygen atoms in total. The normalized spacial score (nSPS) is 12.2. The van der Waals surface area contributed by atoms with E-state index in [2.05, 4.69) is 12.6 Å². The van der Waals surface area contributed by atoms with Crippen LogP contribution in [-0.2, 0) is 12.4 Å². The molecule has 1 aromatic carbocycles. The summed E-state index contributed by atoms with van der Waals surface area (Å²) in [6.45, 7) is 0. The van der Waals surface area contributed by atoms with Crippen molar-refractivity contribution in [1.82, 2.24) is 0 Å². The topological polar surface area (TPSA) is 0 Å². The van der Waals surface area contributed by atoms with Crippen molar-refractivity contribution in [3.63, 3.8) is 0 Å². The number of rotatable bonds is 0. The molecule has 0 spiro atoms. The van der Waals surface area contributed by atoms with E-state index in [9.17, 15) is 26.3 Å². The van der Waals surface area contributed by atoms with Crippen LogP contribution < -0.4 is 0 Å². The van der Waals surface area contributed by atoms with Gasteiger partial charge in [-0.2, -0.15) is 26.3 Å². The predicted molar refractivity (Wildman–Crippen MR) is 50.8 cm³/mol. The summed E-state index contributed by atoms with van der Waals surface area (Å²) in [4.78, 5) is -1.10. The molecule has 1 rings (SSSR count). The van der Waals surface area contributed by atoms with Crippen LogP contribution in [0.5, 0.6) is 0 Å². The summed E-state index contributed by atoms with van der Waals surface area (Å²) in [6.07, 6.45) is -9.67. The van der Waals surface area contributed by atoms with E-state index < -0.39 is 28.4 Å². The molecule has 86 valence electrons. The fraction of sp³-hybridized carbons (Fsp3) is 0.250. The standard InChI is InChI=1S/C8H4F6S.Na.H/c9-7(10,11)4-2-1-3-5(6(4)15)8(12,13)14;;/h1-3,15H;;. The van der Waals surface area contributed by atoms with Gasteiger partial charge in [0.2, 0.25) is 0 Å². The van der Waals surface area contributed by atoms with Gasteiger partial charge >= 0.3 is 41.9 Å². The third-order valence-electron chi connectivity index (χ3n) is 1.65. The van der Waals surface area contributed by atoms with Crippen molar-refractivity contribution in [2.24, 2.45) is 0 Å². The number of halogens is 6. The molecule has 0 heterocycles. The van der Waals surface area contributed by atoms with Gasteiger partial charge in [-0.25, -0.2) is 0 Å². The zero-order valence-corrected chi connectivity index (χ0v) is 7.84. The number of benzene rings is 1. The second kappa shape index (κ2) is 5.20. The van der Waals surface area contributed by atoms with E-state index in [-0.39, 0.29) is 29.6 Å². The van der Waals surface area contributed by atoms with Crippen LogP contribution in [-0.4, -0.2) is 29.6 Å². The van der Waals surface area contributed by atoms with Crippen LogP contribution in [0.1, 0.15) is 11.1 Å². The first kappa shape index (κ1) is 16.1. The molecule has 0 radical (unpaired) electrons. The molecule has 0 saturated carbocycles. The van der Waals surface area contributed by atoms with Gasteiger partial charge in [-0.3, -0.25) is 0 Å². The van der Waals surface area contributed by atoms with Crippen molar-refractivity contribution < 1.29 is 26.3 Å². The Balaban J connectivity index is 0.00000225. The van der Waals surface area contributed by atoms with Crippen molar-refractivity contribution in [3.05, 3.63) is 29.3 Å². The second-order valence-electron chi connectivity index (χ2n) is 2.70. The molecule has 0 aliphatic carbocycles. The number of alkyl halides is 6. The third-order valence-corrected chi connectivity index (χ3v) is 2.13. The van der Waals surface area contributed by atoms with E-state index in [0.717, 1.165) is 0 Å². The molecule has 0 aliphatic rings. The van der Waals surface area contributed by atoms with E-state index >= 15 is 0 Å². The van der Waals surface area contributed by atoms with Crippen LogP contribution in [0.4, 0.5) is 26.3 Å². The Kier molecular flexibility index (Phi) is 5.25. The van der Waals surface area contributed by atoms with E-state index in [4.69, 9.17) is 0 Å². The molecule has 1 aromatic rings. The van der Waals surface area contributed by atoms with Gasteiger partial charge in [0.05, 0.1) is 11.1 Å². The first-order chi connectivity index (χ1) is 6.64. The predicted octanol–water partition coefficient (Wildman–Crippen LogP) is 3.36. The molecule has 16 heavy (non-hydrogen) atoms. The molecule has 0 N–H and O–H groups in total. The molecule has 0 unspecified atom stereocenters. The molecular formula is C8H5F6NaS. The van der Waals surface area contributed by atoms with Crippen molar-refractivity contribution in [2.75, 3.05) is 0 Å². The maximum atomic E-state index is 12.2. The summed E-state index contributed by atoms with van der Waals surface area (Å²) in [7, 11) is 0. The van der Waals surface area contributed by atoms with Gasteiger partial charge in [-0.15, -0.1) is 12.6 Å². The Morgan fingerprint density at radius 2 is 1.12 bits per heavy atom. The fourth-order valence-electron chi connectivity index (χ4n) is 1.00. The van der Waals surface area contributed by atoms with Gasteiger partial charge in [0.1, 0.15) is 0 Å². The molecule has 0 amide bonds. The Hall–Kier alpha value is 0.150. The van der Waals surface area contributed by atoms with Gasteiger partial charge in [-0.05, 0) is 12.1 Å². The average molecular weight is 270 g/mol. The molecule has 0 saturated heterocycles. The third kappa shape index (κ3) is 3.58. The van der Waals surface area contributed by atoms with Gasteiger partial charge in [0.25, 0.3) is 0 Å². The summed E-state index contributed by atoms with van der Waals surface area (Å²) >= 11 is 3.26. The van der Waals surface area contributed by atoms with E-state index in [1.165, 1.54) is 0 Å². The van der Waals surface area contributed by atoms with Crippen molar-refractivity contribution >= 4 is 42.2 Å². The maximum absolute atomic E-state index is 12.2. The van der Waals surface area contributed by atoms with Crippen molar-refractivity contribution in [3.8, 4) is 0 Å². The Morgan fingerprint density at radius 3 is 1.38 bits per heavy atom. The van der Waals surface area contributed by atoms with Crippen LogP contribution >= 0.6 is 12.6 Å². The molecule has 0 fully saturated rings. The number of thiol groups is 1. The second-order valence-corrected chi connectivity index (χ2v) is 3.14. The molecule has 0 atom stereocenters. The SMILES string of the molecule is FC(F)(F)c1cccc(C(F)(F)F)c1S.[NaH]. The summed E-state index contributed by atoms with van der Waals surface area (Å²) in [6, 6.07) is 1.81. The van der Waals surface area contributed by atoms with Gasteiger partial charge in [0, 0.05) is 4.90 Å². The monoisotopic (exact) mass is 270 g/mol. The Morgan fingerprint density at radius 1 is 0.812 bits per heavy atom. The first-order valence-corrected chi connectivity index (χ1v) is 4.05. The number of hydrogen-bond acceptors (Lipinski definition) is 1. The van der Waals surface area contributed by atoms with Gasteiger partial charge in [0.15, 0.2) is 0 Å². The molecule has 0 aliphatic heterocycles. The molecule has 8 heteroatoms. The minimum absolute atomic E-state index is 0. The Bertz CT molecular complexity index is 338. The first-order valence-electron chi connectivity index (χ1n) is 3.60. The van der Waals surface area contributed by atoms with E-state index in [0.29, 0.717) is 18.2 Å². The van der Waals surface area contributed by atoms with Crippen LogP contribution in [0.3, 0.4) is 0 Å². The number of hydrogen-bond donors (Lipinski definition) is 1. The van der Waals surface area contributed by atoms with Crippen LogP contribution in [0.15, 0.2) is 23.1 Å². The summed E-state index contributed by atoms with van der Waals surface area (Å²) < 4.78 is 73.2. The van der Waals surface area contributed by atoms with Crippen LogP contribution in [0.2, 0.25) is 0 Å². The van der Waals surface area contributed by atoms with Gasteiger partial charge < -0.3 is 0 Å². The molecular weight excluding hydrogens is 265 g/mol. The van der Waals surface area contributed by atoms with Crippen molar-refractivity contribution in [1.29, 1.82) is 0 Å². The van der Waals surface area contributed by atoms with E-state index in [1.807, 2.05) is 0 Å². The quantitative estimate of drug-likeness (QED) is 0.417. The van der Waals surface area contributed by atoms with E-state index in [1.54, 1.807) is 0 Å². The van der Waals surface area contributed by atoms with Gasteiger partial charge in [-0.1, -0.05) is 6.07 Å².